The SMILES string of the molecule is CC1(C)O[C@@H](C(=O)NCCc2cccs2)[C@H](C(=O)NCC(=O)c2ccccc2)O1.CC1(C)O[C@@H](C(=O)NCCc2cccs2)[C@H](c2ncc(-c3ccccc3)[nH]2)O1.CC1(C)O[C@@H](C(=O)O)[C@H](C(=O)NCCc2cccs2)O1.Cn1cc(-c2ccccc2)nc1[C@H](O)[C@@H](O)CNCCc1cccs1. The number of aliphatic carboxylic acids is 1. The van der Waals surface area contributed by atoms with Crippen molar-refractivity contribution >= 4 is 80.7 Å². The molecule has 542 valence electrons. The number of nitrogens with one attached hydrogen (secondary N) is 6. The van der Waals surface area contributed by atoms with Crippen molar-refractivity contribution in [3.8, 4) is 22.5 Å². The van der Waals surface area contributed by atoms with E-state index >= 15 is 0 Å². The number of hydrogen-bond acceptors (Lipinski definition) is 21. The van der Waals surface area contributed by atoms with Crippen molar-refractivity contribution in [2.75, 3.05) is 39.3 Å². The van der Waals surface area contributed by atoms with E-state index in [-0.39, 0.29) is 18.2 Å². The molecule has 9 heterocycles. The number of aliphatic hydroxyl groups excluding tert-OH is 2. The second-order valence-electron chi connectivity index (χ2n) is 25.2. The van der Waals surface area contributed by atoms with Crippen LogP contribution in [0.25, 0.3) is 22.5 Å². The first-order valence-corrected chi connectivity index (χ1v) is 36.8. The molecule has 3 aliphatic rings. The molecule has 9 aromatic rings. The van der Waals surface area contributed by atoms with E-state index in [1.807, 2.05) is 133 Å². The van der Waals surface area contributed by atoms with E-state index in [2.05, 4.69) is 59.0 Å². The molecule has 28 heteroatoms. The Bertz CT molecular complexity index is 4060. The Labute approximate surface area is 608 Å². The molecule has 102 heavy (non-hydrogen) atoms. The zero-order chi connectivity index (χ0) is 72.8. The predicted molar refractivity (Wildman–Crippen MR) is 389 cm³/mol. The number of benzene rings is 3. The normalized spacial score (nSPS) is 19.7. The molecular formula is C74H87N9O15S4. The fourth-order valence-corrected chi connectivity index (χ4v) is 13.8. The van der Waals surface area contributed by atoms with Gasteiger partial charge in [-0.3, -0.25) is 24.0 Å². The summed E-state index contributed by atoms with van der Waals surface area (Å²) in [5.74, 6) is -5.01. The highest BCUT2D eigenvalue weighted by atomic mass is 32.1. The zero-order valence-electron chi connectivity index (χ0n) is 57.6. The van der Waals surface area contributed by atoms with E-state index in [4.69, 9.17) is 33.5 Å². The maximum absolute atomic E-state index is 12.8. The topological polar surface area (TPSA) is 325 Å². The van der Waals surface area contributed by atoms with E-state index in [9.17, 15) is 39.0 Å². The van der Waals surface area contributed by atoms with Gasteiger partial charge in [0.2, 0.25) is 0 Å². The second kappa shape index (κ2) is 37.1. The molecule has 24 nitrogen and oxygen atoms in total. The highest BCUT2D eigenvalue weighted by Crippen LogP contribution is 2.38. The smallest absolute Gasteiger partial charge is 0.336 e. The van der Waals surface area contributed by atoms with Crippen LogP contribution >= 0.6 is 45.3 Å². The van der Waals surface area contributed by atoms with Crippen LogP contribution in [0.15, 0.2) is 173 Å². The number of carbonyl (C=O) groups is 6. The third kappa shape index (κ3) is 23.0. The number of aromatic amines is 1. The number of hydrogen-bond donors (Lipinski definition) is 9. The van der Waals surface area contributed by atoms with Crippen molar-refractivity contribution in [3.63, 3.8) is 0 Å². The largest absolute Gasteiger partial charge is 0.479 e. The number of thiophene rings is 4. The summed E-state index contributed by atoms with van der Waals surface area (Å²) in [6.45, 7) is 12.4. The van der Waals surface area contributed by atoms with Gasteiger partial charge in [0.25, 0.3) is 23.6 Å². The molecule has 4 amide bonds. The number of H-pyrrole nitrogens is 1. The van der Waals surface area contributed by atoms with Gasteiger partial charge in [0, 0.05) is 76.6 Å². The predicted octanol–water partition coefficient (Wildman–Crippen LogP) is 9.00. The minimum atomic E-state index is -1.27. The van der Waals surface area contributed by atoms with Crippen molar-refractivity contribution in [1.29, 1.82) is 0 Å². The quantitative estimate of drug-likeness (QED) is 0.0171. The summed E-state index contributed by atoms with van der Waals surface area (Å²) in [5.41, 5.74) is 4.17. The highest BCUT2D eigenvalue weighted by molar-refractivity contribution is 7.10. The summed E-state index contributed by atoms with van der Waals surface area (Å²) >= 11 is 6.63. The Morgan fingerprint density at radius 1 is 0.520 bits per heavy atom. The molecule has 0 saturated carbocycles. The molecule has 3 fully saturated rings. The van der Waals surface area contributed by atoms with Crippen LogP contribution in [-0.4, -0.2) is 163 Å². The summed E-state index contributed by atoms with van der Waals surface area (Å²) in [5, 5.41) is 52.0. The number of aliphatic hydroxyl groups is 2. The number of aryl methyl sites for hydroxylation is 1. The van der Waals surface area contributed by atoms with Crippen LogP contribution in [0.2, 0.25) is 0 Å². The van der Waals surface area contributed by atoms with E-state index in [0.717, 1.165) is 51.7 Å². The molecule has 0 unspecified atom stereocenters. The number of carbonyl (C=O) groups excluding carboxylic acids is 5. The van der Waals surface area contributed by atoms with Gasteiger partial charge in [-0.1, -0.05) is 115 Å². The summed E-state index contributed by atoms with van der Waals surface area (Å²) in [4.78, 5) is 90.3. The van der Waals surface area contributed by atoms with Crippen LogP contribution in [0.5, 0.6) is 0 Å². The van der Waals surface area contributed by atoms with Gasteiger partial charge >= 0.3 is 5.97 Å². The minimum Gasteiger partial charge on any atom is -0.479 e. The van der Waals surface area contributed by atoms with Crippen LogP contribution in [0, 0.1) is 0 Å². The fourth-order valence-electron chi connectivity index (χ4n) is 11.0. The van der Waals surface area contributed by atoms with Crippen molar-refractivity contribution < 1.29 is 72.5 Å². The van der Waals surface area contributed by atoms with Crippen LogP contribution in [0.3, 0.4) is 0 Å². The molecule has 8 atom stereocenters. The summed E-state index contributed by atoms with van der Waals surface area (Å²) in [7, 11) is 1.83. The number of aromatic nitrogens is 4. The van der Waals surface area contributed by atoms with Gasteiger partial charge in [-0.05, 0) is 119 Å². The lowest BCUT2D eigenvalue weighted by Crippen LogP contribution is -2.49. The molecule has 0 spiro atoms. The van der Waals surface area contributed by atoms with Crippen LogP contribution < -0.4 is 26.6 Å². The number of imidazole rings is 2. The molecule has 0 bridgehead atoms. The second-order valence-corrected chi connectivity index (χ2v) is 29.3. The maximum atomic E-state index is 12.8. The molecule has 0 aliphatic carbocycles. The minimum absolute atomic E-state index is 0.185. The molecule has 6 aromatic heterocycles. The van der Waals surface area contributed by atoms with Gasteiger partial charge in [0.05, 0.1) is 30.2 Å². The Balaban J connectivity index is 0.000000160. The fraction of sp³-hybridized carbons (Fsp3) is 0.378. The van der Waals surface area contributed by atoms with Gasteiger partial charge < -0.3 is 79.9 Å². The molecule has 0 radical (unpaired) electrons. The van der Waals surface area contributed by atoms with Gasteiger partial charge in [-0.15, -0.1) is 45.3 Å². The average molecular weight is 1470 g/mol. The van der Waals surface area contributed by atoms with E-state index in [1.165, 1.54) is 9.75 Å². The number of rotatable bonds is 27. The Kier molecular flexibility index (Phi) is 28.3. The number of ether oxygens (including phenoxy) is 6. The molecule has 9 N–H and O–H groups in total. The van der Waals surface area contributed by atoms with Crippen molar-refractivity contribution in [1.82, 2.24) is 46.1 Å². The lowest BCUT2D eigenvalue weighted by atomic mass is 10.1. The monoisotopic (exact) mass is 1470 g/mol. The number of amides is 4. The lowest BCUT2D eigenvalue weighted by molar-refractivity contribution is -0.166. The van der Waals surface area contributed by atoms with Crippen LogP contribution in [0.4, 0.5) is 0 Å². The summed E-state index contributed by atoms with van der Waals surface area (Å²) in [6, 6.07) is 44.4. The third-order valence-electron chi connectivity index (χ3n) is 15.9. The number of Topliss-reactive ketones (excluding diaryl/α,β-unsaturated/α-hetero) is 1. The van der Waals surface area contributed by atoms with Crippen LogP contribution in [0.1, 0.15) is 95.3 Å². The van der Waals surface area contributed by atoms with Gasteiger partial charge in [-0.25, -0.2) is 14.8 Å². The number of ketones is 1. The average Bonchev–Trinajstić information content (AvgIpc) is 1.65. The van der Waals surface area contributed by atoms with Crippen molar-refractivity contribution in [2.45, 2.75) is 133 Å². The number of nitrogens with zero attached hydrogens (tertiary/aromatic N) is 3. The zero-order valence-corrected chi connectivity index (χ0v) is 60.9. The Morgan fingerprint density at radius 3 is 1.40 bits per heavy atom. The van der Waals surface area contributed by atoms with Gasteiger partial charge in [-0.2, -0.15) is 0 Å². The van der Waals surface area contributed by atoms with Gasteiger partial charge in [0.15, 0.2) is 59.8 Å². The summed E-state index contributed by atoms with van der Waals surface area (Å²) < 4.78 is 35.5. The number of carboxylic acid groups (broad SMARTS) is 1. The molecule has 3 saturated heterocycles. The molecule has 3 aliphatic heterocycles. The third-order valence-corrected chi connectivity index (χ3v) is 19.6. The standard InChI is InChI=1S/C21H23N3O3S.C21H24N2O5S.C19H23N3O2S.C13H17NO5S/c1-21(2)26-17(19-23-13-16(24-19)14-7-4-3-5-8-14)18(27-21)20(25)22-11-10-15-9-6-12-28-15;1-21(2)27-17(19(25)22-11-10-15-9-6-12-29-15)18(28-21)20(26)23-13-16(24)14-7-4-3-5-8-14;1-22-13-16(14-6-3-2-4-7-14)21-19(22)18(24)17(23)12-20-10-9-15-8-5-11-25-15;1-13(2)18-9(10(19-13)12(16)17)11(15)14-6-5-8-4-3-7-20-8/h3-9,12-13,17-18H,10-11H2,1-2H3,(H,22,25)(H,23,24);3-9,12,17-18H,10-11,13H2,1-2H3,(H,22,25)(H,23,26);2-8,11,13,17-18,20,23-24H,9-10,12H2,1H3;3-4,7,9-10H,5-6H2,1-2H3,(H,14,15)(H,16,17)/t2*17-,18-;17-,18+;9-,10-/m1101/s1. The molecular weight excluding hydrogens is 1380 g/mol. The molecule has 12 rings (SSSR count). The maximum Gasteiger partial charge on any atom is 0.336 e. The van der Waals surface area contributed by atoms with Crippen molar-refractivity contribution in [3.05, 3.63) is 210 Å². The Morgan fingerprint density at radius 2 is 0.931 bits per heavy atom. The van der Waals surface area contributed by atoms with Crippen LogP contribution in [-0.2, 0) is 85.1 Å². The first-order valence-electron chi connectivity index (χ1n) is 33.3. The summed E-state index contributed by atoms with van der Waals surface area (Å²) in [6.07, 6.45) is -1.15. The number of carboxylic acids is 1. The van der Waals surface area contributed by atoms with Crippen molar-refractivity contribution in [2.24, 2.45) is 7.05 Å². The molecule has 3 aromatic carbocycles. The van der Waals surface area contributed by atoms with E-state index in [0.29, 0.717) is 56.2 Å². The lowest BCUT2D eigenvalue weighted by Gasteiger charge is -2.18. The first kappa shape index (κ1) is 77.7. The van der Waals surface area contributed by atoms with Gasteiger partial charge in [0.1, 0.15) is 17.8 Å². The Hall–Kier alpha value is -8.46. The highest BCUT2D eigenvalue weighted by Gasteiger charge is 2.51. The first-order chi connectivity index (χ1) is 48.9. The van der Waals surface area contributed by atoms with E-state index < -0.39 is 89.9 Å². The van der Waals surface area contributed by atoms with E-state index in [1.54, 1.807) is 122 Å².